The van der Waals surface area contributed by atoms with Crippen LogP contribution in [0.2, 0.25) is 19.6 Å². The van der Waals surface area contributed by atoms with Gasteiger partial charge in [-0.25, -0.2) is 4.98 Å². The summed E-state index contributed by atoms with van der Waals surface area (Å²) in [5, 5.41) is 1.23. The van der Waals surface area contributed by atoms with Crippen LogP contribution in [0.1, 0.15) is 26.7 Å². The number of nitrogens with zero attached hydrogens (tertiary/aromatic N) is 2. The van der Waals surface area contributed by atoms with Gasteiger partial charge in [0.1, 0.15) is 5.52 Å². The first-order chi connectivity index (χ1) is 16.6. The van der Waals surface area contributed by atoms with E-state index in [4.69, 9.17) is 15.8 Å². The topological polar surface area (TPSA) is 38.9 Å². The summed E-state index contributed by atoms with van der Waals surface area (Å²) in [5.41, 5.74) is 7.42. The van der Waals surface area contributed by atoms with Crippen molar-refractivity contribution in [2.45, 2.75) is 39.4 Å². The molecule has 34 heavy (non-hydrogen) atoms. The maximum Gasteiger partial charge on any atom is 0.227 e. The van der Waals surface area contributed by atoms with Crippen molar-refractivity contribution in [3.8, 4) is 33.8 Å². The van der Waals surface area contributed by atoms with E-state index in [2.05, 4.69) is 50.0 Å². The van der Waals surface area contributed by atoms with Gasteiger partial charge in [-0.05, 0) is 52.5 Å². The molecule has 2 heterocycles. The van der Waals surface area contributed by atoms with Crippen molar-refractivity contribution in [2.75, 3.05) is 0 Å². The third kappa shape index (κ3) is 4.21. The standard InChI is InChI=1S/C30H30N2OSi/c1-20(2)24-18-26(31-19-28(24)34(3,4)5)23-16-25(21-12-8-6-9-13-21)29-27(17-23)32-30(33-29)22-14-10-7-11-15-22/h6-20H,1-5H3/i20D. The highest BCUT2D eigenvalue weighted by atomic mass is 28.3. The van der Waals surface area contributed by atoms with Gasteiger partial charge >= 0.3 is 0 Å². The van der Waals surface area contributed by atoms with E-state index in [1.807, 2.05) is 68.6 Å². The molecule has 0 amide bonds. The molecule has 0 atom stereocenters. The monoisotopic (exact) mass is 463 g/mol. The Hall–Kier alpha value is -3.50. The molecule has 4 heteroatoms. The molecule has 0 fully saturated rings. The second-order valence-electron chi connectivity index (χ2n) is 9.99. The van der Waals surface area contributed by atoms with Gasteiger partial charge in [-0.1, -0.05) is 82.0 Å². The number of fused-ring (bicyclic) bond motifs is 1. The largest absolute Gasteiger partial charge is 0.435 e. The smallest absolute Gasteiger partial charge is 0.227 e. The van der Waals surface area contributed by atoms with Crippen molar-refractivity contribution in [1.29, 1.82) is 0 Å². The van der Waals surface area contributed by atoms with Crippen LogP contribution in [-0.4, -0.2) is 18.0 Å². The van der Waals surface area contributed by atoms with Crippen LogP contribution in [0.15, 0.2) is 89.5 Å². The predicted octanol–water partition coefficient (Wildman–Crippen LogP) is 7.89. The first kappa shape index (κ1) is 21.1. The lowest BCUT2D eigenvalue weighted by Crippen LogP contribution is -2.40. The van der Waals surface area contributed by atoms with E-state index in [-0.39, 0.29) is 0 Å². The molecule has 0 unspecified atom stereocenters. The van der Waals surface area contributed by atoms with E-state index in [1.54, 1.807) is 0 Å². The third-order valence-corrected chi connectivity index (χ3v) is 8.16. The minimum absolute atomic E-state index is 0.602. The first-order valence-corrected chi connectivity index (χ1v) is 15.2. The van der Waals surface area contributed by atoms with Gasteiger partial charge in [-0.3, -0.25) is 4.98 Å². The molecule has 2 aromatic heterocycles. The van der Waals surface area contributed by atoms with Crippen LogP contribution in [0.25, 0.3) is 44.9 Å². The molecule has 0 N–H and O–H groups in total. The second-order valence-corrected chi connectivity index (χ2v) is 15.0. The lowest BCUT2D eigenvalue weighted by Gasteiger charge is -2.23. The Bertz CT molecular complexity index is 1500. The summed E-state index contributed by atoms with van der Waals surface area (Å²) in [6.07, 6.45) is 2.00. The van der Waals surface area contributed by atoms with Gasteiger partial charge in [-0.15, -0.1) is 0 Å². The minimum Gasteiger partial charge on any atom is -0.435 e. The Morgan fingerprint density at radius 1 is 0.824 bits per heavy atom. The van der Waals surface area contributed by atoms with E-state index < -0.39 is 14.0 Å². The van der Waals surface area contributed by atoms with E-state index in [0.29, 0.717) is 5.89 Å². The quantitative estimate of drug-likeness (QED) is 0.249. The molecule has 3 nitrogen and oxygen atoms in total. The SMILES string of the molecule is [2H]C(C)(C)c1cc(-c2cc(-c3ccccc3)c3oc(-c4ccccc4)nc3c2)ncc1[Si](C)(C)C. The first-order valence-electron chi connectivity index (χ1n) is 12.2. The number of hydrogen-bond donors (Lipinski definition) is 0. The van der Waals surface area contributed by atoms with Crippen LogP contribution in [0.5, 0.6) is 0 Å². The average Bonchev–Trinajstić information content (AvgIpc) is 3.27. The number of aromatic nitrogens is 2. The van der Waals surface area contributed by atoms with Gasteiger partial charge in [0.15, 0.2) is 5.58 Å². The Balaban J connectivity index is 1.75. The molecule has 0 bridgehead atoms. The molecular weight excluding hydrogens is 432 g/mol. The molecule has 0 aliphatic carbocycles. The van der Waals surface area contributed by atoms with Crippen LogP contribution in [0.4, 0.5) is 0 Å². The molecule has 0 radical (unpaired) electrons. The highest BCUT2D eigenvalue weighted by Gasteiger charge is 2.23. The summed E-state index contributed by atoms with van der Waals surface area (Å²) < 4.78 is 15.1. The molecule has 0 aliphatic rings. The van der Waals surface area contributed by atoms with E-state index in [9.17, 15) is 0 Å². The number of oxazole rings is 1. The minimum atomic E-state index is -1.66. The highest BCUT2D eigenvalue weighted by molar-refractivity contribution is 6.89. The lowest BCUT2D eigenvalue weighted by atomic mass is 9.97. The Kier molecular flexibility index (Phi) is 5.38. The van der Waals surface area contributed by atoms with Crippen molar-refractivity contribution in [2.24, 2.45) is 0 Å². The average molecular weight is 464 g/mol. The summed E-state index contributed by atoms with van der Waals surface area (Å²) in [6.45, 7) is 10.8. The normalized spacial score (nSPS) is 12.7. The zero-order valence-corrected chi connectivity index (χ0v) is 21.4. The van der Waals surface area contributed by atoms with Crippen LogP contribution >= 0.6 is 0 Å². The second kappa shape index (κ2) is 8.69. The molecule has 0 aliphatic heterocycles. The van der Waals surface area contributed by atoms with E-state index >= 15 is 0 Å². The van der Waals surface area contributed by atoms with Crippen LogP contribution in [0.3, 0.4) is 0 Å². The van der Waals surface area contributed by atoms with Crippen LogP contribution < -0.4 is 5.19 Å². The molecular formula is C30H30N2OSi. The van der Waals surface area contributed by atoms with E-state index in [1.165, 1.54) is 5.19 Å². The zero-order chi connectivity index (χ0) is 24.8. The number of rotatable bonds is 5. The Morgan fingerprint density at radius 2 is 1.47 bits per heavy atom. The summed E-state index contributed by atoms with van der Waals surface area (Å²) in [7, 11) is -1.66. The molecule has 3 aromatic carbocycles. The summed E-state index contributed by atoms with van der Waals surface area (Å²) >= 11 is 0. The third-order valence-electron chi connectivity index (χ3n) is 6.14. The molecule has 5 aromatic rings. The fourth-order valence-electron chi connectivity index (χ4n) is 4.34. The van der Waals surface area contributed by atoms with Gasteiger partial charge in [-0.2, -0.15) is 0 Å². The fraction of sp³-hybridized carbons (Fsp3) is 0.200. The highest BCUT2D eigenvalue weighted by Crippen LogP contribution is 2.36. The zero-order valence-electron chi connectivity index (χ0n) is 21.4. The summed E-state index contributed by atoms with van der Waals surface area (Å²) in [5.74, 6) is -0.112. The van der Waals surface area contributed by atoms with Crippen LogP contribution in [0, 0.1) is 0 Å². The van der Waals surface area contributed by atoms with Gasteiger partial charge in [0, 0.05) is 24.3 Å². The molecule has 0 saturated heterocycles. The van der Waals surface area contributed by atoms with Crippen molar-refractivity contribution in [1.82, 2.24) is 9.97 Å². The van der Waals surface area contributed by atoms with Gasteiger partial charge in [0.2, 0.25) is 5.89 Å². The van der Waals surface area contributed by atoms with Gasteiger partial charge in [0.25, 0.3) is 0 Å². The van der Waals surface area contributed by atoms with Crippen molar-refractivity contribution >= 4 is 24.4 Å². The Morgan fingerprint density at radius 3 is 2.09 bits per heavy atom. The molecule has 0 spiro atoms. The molecule has 170 valence electrons. The predicted molar refractivity (Wildman–Crippen MR) is 145 cm³/mol. The maximum absolute atomic E-state index is 8.83. The van der Waals surface area contributed by atoms with Crippen molar-refractivity contribution in [3.05, 3.63) is 90.6 Å². The fourth-order valence-corrected chi connectivity index (χ4v) is 5.92. The molecule has 5 rings (SSSR count). The maximum atomic E-state index is 8.83. The van der Waals surface area contributed by atoms with Crippen molar-refractivity contribution in [3.63, 3.8) is 0 Å². The summed E-state index contributed by atoms with van der Waals surface area (Å²) in [4.78, 5) is 9.75. The number of hydrogen-bond acceptors (Lipinski definition) is 3. The van der Waals surface area contributed by atoms with Crippen LogP contribution in [-0.2, 0) is 0 Å². The lowest BCUT2D eigenvalue weighted by molar-refractivity contribution is 0.621. The molecule has 0 saturated carbocycles. The van der Waals surface area contributed by atoms with E-state index in [0.717, 1.165) is 44.6 Å². The summed E-state index contributed by atoms with van der Waals surface area (Å²) in [6, 6.07) is 26.5. The van der Waals surface area contributed by atoms with Gasteiger partial charge in [0.05, 0.1) is 13.8 Å². The number of benzene rings is 3. The number of pyridine rings is 1. The van der Waals surface area contributed by atoms with Crippen molar-refractivity contribution < 1.29 is 5.79 Å². The van der Waals surface area contributed by atoms with Gasteiger partial charge < -0.3 is 4.42 Å². The Labute approximate surface area is 203 Å².